The summed E-state index contributed by atoms with van der Waals surface area (Å²) in [4.78, 5) is 42.7. The lowest BCUT2D eigenvalue weighted by molar-refractivity contribution is -0.127. The average molecular weight is 455 g/mol. The fourth-order valence-corrected chi connectivity index (χ4v) is 4.18. The molecule has 0 bridgehead atoms. The number of aliphatic hydroxyl groups excluding tert-OH is 1. The zero-order valence-corrected chi connectivity index (χ0v) is 18.9. The van der Waals surface area contributed by atoms with Crippen LogP contribution in [0.2, 0.25) is 0 Å². The van der Waals surface area contributed by atoms with E-state index in [2.05, 4.69) is 41.1 Å². The van der Waals surface area contributed by atoms with Crippen LogP contribution in [0.1, 0.15) is 29.3 Å². The summed E-state index contributed by atoms with van der Waals surface area (Å²) in [5, 5.41) is 10.4. The van der Waals surface area contributed by atoms with Gasteiger partial charge in [-0.3, -0.25) is 24.0 Å². The molecule has 1 aromatic heterocycles. The predicted molar refractivity (Wildman–Crippen MR) is 123 cm³/mol. The van der Waals surface area contributed by atoms with Crippen LogP contribution in [0.4, 0.5) is 0 Å². The Hall–Kier alpha value is -3.01. The van der Waals surface area contributed by atoms with E-state index in [9.17, 15) is 19.5 Å². The van der Waals surface area contributed by atoms with E-state index in [1.165, 1.54) is 28.0 Å². The molecule has 0 unspecified atom stereocenters. The SMILES string of the molecule is Cc1ccc(CN2CCN(C(=O)/C=C/[C@H]3O[C@@H](n4cc(C)c(=O)[nH]c4=O)C[C@@H]3O)CC2)cc1. The Morgan fingerprint density at radius 2 is 1.85 bits per heavy atom. The maximum Gasteiger partial charge on any atom is 0.330 e. The molecule has 33 heavy (non-hydrogen) atoms. The molecule has 9 heteroatoms. The molecule has 3 heterocycles. The van der Waals surface area contributed by atoms with Crippen molar-refractivity contribution in [3.05, 3.63) is 80.1 Å². The molecule has 1 amide bonds. The van der Waals surface area contributed by atoms with E-state index in [0.717, 1.165) is 19.6 Å². The quantitative estimate of drug-likeness (QED) is 0.644. The number of amides is 1. The Balaban J connectivity index is 1.30. The van der Waals surface area contributed by atoms with E-state index in [-0.39, 0.29) is 12.3 Å². The Labute approximate surface area is 191 Å². The number of aliphatic hydroxyl groups is 1. The van der Waals surface area contributed by atoms with Gasteiger partial charge in [0.25, 0.3) is 5.56 Å². The first-order valence-electron chi connectivity index (χ1n) is 11.2. The number of nitrogens with one attached hydrogen (secondary N) is 1. The lowest BCUT2D eigenvalue weighted by Crippen LogP contribution is -2.47. The number of H-pyrrole nitrogens is 1. The summed E-state index contributed by atoms with van der Waals surface area (Å²) < 4.78 is 7.06. The number of ether oxygens (including phenoxy) is 1. The standard InChI is InChI=1S/C24H30N4O5/c1-16-3-5-18(6-4-16)15-26-9-11-27(12-10-26)21(30)8-7-20-19(29)13-22(33-20)28-14-17(2)23(31)25-24(28)32/h3-8,14,19-20,22,29H,9-13,15H2,1-2H3,(H,25,31,32)/b8-7+/t19-,20+,22+/m0/s1. The van der Waals surface area contributed by atoms with Gasteiger partial charge in [0.15, 0.2) is 0 Å². The Morgan fingerprint density at radius 1 is 1.15 bits per heavy atom. The van der Waals surface area contributed by atoms with Gasteiger partial charge in [-0.25, -0.2) is 4.79 Å². The highest BCUT2D eigenvalue weighted by molar-refractivity contribution is 5.87. The molecule has 2 aliphatic rings. The van der Waals surface area contributed by atoms with Gasteiger partial charge in [-0.05, 0) is 25.5 Å². The molecule has 4 rings (SSSR count). The molecular formula is C24H30N4O5. The number of carbonyl (C=O) groups is 1. The second-order valence-electron chi connectivity index (χ2n) is 8.78. The third kappa shape index (κ3) is 5.50. The van der Waals surface area contributed by atoms with E-state index in [1.54, 1.807) is 17.9 Å². The van der Waals surface area contributed by atoms with Crippen molar-refractivity contribution in [1.29, 1.82) is 0 Å². The molecule has 0 spiro atoms. The largest absolute Gasteiger partial charge is 0.390 e. The van der Waals surface area contributed by atoms with E-state index < -0.39 is 29.7 Å². The summed E-state index contributed by atoms with van der Waals surface area (Å²) in [6.45, 7) is 7.40. The van der Waals surface area contributed by atoms with Crippen molar-refractivity contribution >= 4 is 5.91 Å². The number of aromatic nitrogens is 2. The molecule has 0 radical (unpaired) electrons. The normalized spacial score (nSPS) is 24.0. The third-order valence-electron chi connectivity index (χ3n) is 6.23. The summed E-state index contributed by atoms with van der Waals surface area (Å²) >= 11 is 0. The van der Waals surface area contributed by atoms with Gasteiger partial charge in [0.05, 0.1) is 6.10 Å². The molecule has 0 aliphatic carbocycles. The number of nitrogens with zero attached hydrogens (tertiary/aromatic N) is 3. The van der Waals surface area contributed by atoms with Crippen molar-refractivity contribution in [3.8, 4) is 0 Å². The lowest BCUT2D eigenvalue weighted by Gasteiger charge is -2.34. The fourth-order valence-electron chi connectivity index (χ4n) is 4.18. The van der Waals surface area contributed by atoms with Crippen LogP contribution in [-0.4, -0.2) is 68.8 Å². The number of hydrogen-bond acceptors (Lipinski definition) is 6. The fraction of sp³-hybridized carbons (Fsp3) is 0.458. The molecule has 2 N–H and O–H groups in total. The number of benzene rings is 1. The van der Waals surface area contributed by atoms with Crippen LogP contribution in [-0.2, 0) is 16.1 Å². The van der Waals surface area contributed by atoms with Gasteiger partial charge in [0.2, 0.25) is 5.91 Å². The number of rotatable bonds is 5. The molecule has 2 aliphatic heterocycles. The Bertz CT molecular complexity index is 1130. The first-order chi connectivity index (χ1) is 15.8. The third-order valence-corrected chi connectivity index (χ3v) is 6.23. The number of carbonyl (C=O) groups excluding carboxylic acids is 1. The minimum atomic E-state index is -0.857. The monoisotopic (exact) mass is 454 g/mol. The van der Waals surface area contributed by atoms with Crippen LogP contribution in [0.3, 0.4) is 0 Å². The van der Waals surface area contributed by atoms with Gasteiger partial charge in [0.1, 0.15) is 12.3 Å². The van der Waals surface area contributed by atoms with Crippen LogP contribution in [0.15, 0.2) is 52.2 Å². The molecule has 3 atom stereocenters. The Morgan fingerprint density at radius 3 is 2.55 bits per heavy atom. The average Bonchev–Trinajstić information content (AvgIpc) is 3.17. The summed E-state index contributed by atoms with van der Waals surface area (Å²) in [7, 11) is 0. The van der Waals surface area contributed by atoms with Crippen LogP contribution in [0.5, 0.6) is 0 Å². The minimum absolute atomic E-state index is 0.124. The first kappa shape index (κ1) is 23.2. The smallest absolute Gasteiger partial charge is 0.330 e. The van der Waals surface area contributed by atoms with Gasteiger partial charge in [-0.15, -0.1) is 0 Å². The van der Waals surface area contributed by atoms with Crippen molar-refractivity contribution in [1.82, 2.24) is 19.4 Å². The van der Waals surface area contributed by atoms with Gasteiger partial charge < -0.3 is 14.7 Å². The highest BCUT2D eigenvalue weighted by Gasteiger charge is 2.34. The highest BCUT2D eigenvalue weighted by Crippen LogP contribution is 2.28. The number of hydrogen-bond donors (Lipinski definition) is 2. The van der Waals surface area contributed by atoms with Gasteiger partial charge in [-0.2, -0.15) is 0 Å². The van der Waals surface area contributed by atoms with Crippen LogP contribution in [0, 0.1) is 13.8 Å². The lowest BCUT2D eigenvalue weighted by atomic mass is 10.1. The zero-order chi connectivity index (χ0) is 23.5. The summed E-state index contributed by atoms with van der Waals surface area (Å²) in [6, 6.07) is 8.49. The van der Waals surface area contributed by atoms with E-state index in [4.69, 9.17) is 4.74 Å². The molecular weight excluding hydrogens is 424 g/mol. The maximum atomic E-state index is 12.6. The van der Waals surface area contributed by atoms with Crippen molar-refractivity contribution in [3.63, 3.8) is 0 Å². The van der Waals surface area contributed by atoms with E-state index >= 15 is 0 Å². The van der Waals surface area contributed by atoms with Crippen LogP contribution in [0.25, 0.3) is 0 Å². The minimum Gasteiger partial charge on any atom is -0.390 e. The molecule has 0 saturated carbocycles. The van der Waals surface area contributed by atoms with Gasteiger partial charge in [0, 0.05) is 57.0 Å². The molecule has 1 aromatic carbocycles. The van der Waals surface area contributed by atoms with Crippen LogP contribution >= 0.6 is 0 Å². The van der Waals surface area contributed by atoms with E-state index in [1.807, 2.05) is 0 Å². The zero-order valence-electron chi connectivity index (χ0n) is 18.9. The first-order valence-corrected chi connectivity index (χ1v) is 11.2. The van der Waals surface area contributed by atoms with Crippen molar-refractivity contribution in [2.45, 2.75) is 45.2 Å². The van der Waals surface area contributed by atoms with Crippen molar-refractivity contribution in [2.24, 2.45) is 0 Å². The second-order valence-corrected chi connectivity index (χ2v) is 8.78. The predicted octanol–water partition coefficient (Wildman–Crippen LogP) is 0.702. The summed E-state index contributed by atoms with van der Waals surface area (Å²) in [6.07, 6.45) is 2.32. The van der Waals surface area contributed by atoms with Crippen LogP contribution < -0.4 is 11.2 Å². The molecule has 2 fully saturated rings. The summed E-state index contributed by atoms with van der Waals surface area (Å²) in [5.41, 5.74) is 1.84. The molecule has 176 valence electrons. The van der Waals surface area contributed by atoms with Gasteiger partial charge >= 0.3 is 5.69 Å². The highest BCUT2D eigenvalue weighted by atomic mass is 16.5. The van der Waals surface area contributed by atoms with Crippen molar-refractivity contribution < 1.29 is 14.6 Å². The van der Waals surface area contributed by atoms with E-state index in [0.29, 0.717) is 18.7 Å². The molecule has 9 nitrogen and oxygen atoms in total. The number of piperazine rings is 1. The number of aromatic amines is 1. The van der Waals surface area contributed by atoms with Crippen molar-refractivity contribution in [2.75, 3.05) is 26.2 Å². The summed E-state index contributed by atoms with van der Waals surface area (Å²) in [5.74, 6) is -0.124. The van der Waals surface area contributed by atoms with Gasteiger partial charge in [-0.1, -0.05) is 29.8 Å². The maximum absolute atomic E-state index is 12.6. The molecule has 2 aromatic rings. The molecule has 2 saturated heterocycles. The topological polar surface area (TPSA) is 108 Å². The number of aryl methyl sites for hydroxylation is 2. The Kier molecular flexibility index (Phi) is 6.92. The second kappa shape index (κ2) is 9.86.